The SMILES string of the molecule is CCCCOC(=O)c1ccccc1NC(=O)C(=O)Nc1ccccc1OC. The monoisotopic (exact) mass is 370 g/mol. The lowest BCUT2D eigenvalue weighted by Gasteiger charge is -2.12. The van der Waals surface area contributed by atoms with Gasteiger partial charge in [0.15, 0.2) is 0 Å². The van der Waals surface area contributed by atoms with Gasteiger partial charge in [-0.1, -0.05) is 37.6 Å². The highest BCUT2D eigenvalue weighted by Crippen LogP contribution is 2.23. The van der Waals surface area contributed by atoms with Gasteiger partial charge in [0, 0.05) is 0 Å². The molecule has 0 radical (unpaired) electrons. The van der Waals surface area contributed by atoms with Crippen LogP contribution in [0.1, 0.15) is 30.1 Å². The fourth-order valence-electron chi connectivity index (χ4n) is 2.26. The van der Waals surface area contributed by atoms with Crippen molar-refractivity contribution in [2.24, 2.45) is 0 Å². The van der Waals surface area contributed by atoms with E-state index < -0.39 is 17.8 Å². The van der Waals surface area contributed by atoms with Gasteiger partial charge in [-0.15, -0.1) is 0 Å². The summed E-state index contributed by atoms with van der Waals surface area (Å²) in [5.74, 6) is -1.91. The third kappa shape index (κ3) is 5.57. The summed E-state index contributed by atoms with van der Waals surface area (Å²) in [6.07, 6.45) is 1.65. The largest absolute Gasteiger partial charge is 0.495 e. The number of carbonyl (C=O) groups is 3. The van der Waals surface area contributed by atoms with E-state index in [-0.39, 0.29) is 11.3 Å². The van der Waals surface area contributed by atoms with Gasteiger partial charge in [-0.05, 0) is 30.7 Å². The average Bonchev–Trinajstić information content (AvgIpc) is 2.68. The van der Waals surface area contributed by atoms with E-state index in [9.17, 15) is 14.4 Å². The molecule has 27 heavy (non-hydrogen) atoms. The van der Waals surface area contributed by atoms with Crippen LogP contribution >= 0.6 is 0 Å². The molecule has 0 bridgehead atoms. The molecule has 7 nitrogen and oxygen atoms in total. The minimum absolute atomic E-state index is 0.187. The number of esters is 1. The van der Waals surface area contributed by atoms with Crippen molar-refractivity contribution >= 4 is 29.2 Å². The number of methoxy groups -OCH3 is 1. The van der Waals surface area contributed by atoms with E-state index in [1.807, 2.05) is 6.92 Å². The third-order valence-electron chi connectivity index (χ3n) is 3.69. The quantitative estimate of drug-likeness (QED) is 0.443. The van der Waals surface area contributed by atoms with Gasteiger partial charge < -0.3 is 20.1 Å². The lowest BCUT2D eigenvalue weighted by atomic mass is 10.1. The molecule has 0 spiro atoms. The molecular formula is C20H22N2O5. The number of amides is 2. The van der Waals surface area contributed by atoms with Gasteiger partial charge in [0.25, 0.3) is 0 Å². The molecule has 0 fully saturated rings. The Bertz CT molecular complexity index is 820. The molecule has 0 heterocycles. The van der Waals surface area contributed by atoms with Gasteiger partial charge in [0.1, 0.15) is 5.75 Å². The summed E-state index contributed by atoms with van der Waals surface area (Å²) in [7, 11) is 1.46. The highest BCUT2D eigenvalue weighted by Gasteiger charge is 2.19. The summed E-state index contributed by atoms with van der Waals surface area (Å²) >= 11 is 0. The van der Waals surface area contributed by atoms with Crippen molar-refractivity contribution in [3.05, 3.63) is 54.1 Å². The Morgan fingerprint density at radius 2 is 1.48 bits per heavy atom. The molecule has 0 aliphatic rings. The molecular weight excluding hydrogens is 348 g/mol. The van der Waals surface area contributed by atoms with Crippen LogP contribution in [0.25, 0.3) is 0 Å². The van der Waals surface area contributed by atoms with Crippen molar-refractivity contribution in [3.8, 4) is 5.75 Å². The molecule has 0 saturated carbocycles. The summed E-state index contributed by atoms with van der Waals surface area (Å²) in [5.41, 5.74) is 0.763. The standard InChI is InChI=1S/C20H22N2O5/c1-3-4-13-27-20(25)14-9-5-6-10-15(14)21-18(23)19(24)22-16-11-7-8-12-17(16)26-2/h5-12H,3-4,13H2,1-2H3,(H,21,23)(H,22,24). The highest BCUT2D eigenvalue weighted by atomic mass is 16.5. The van der Waals surface area contributed by atoms with Crippen LogP contribution in [0.5, 0.6) is 5.75 Å². The first kappa shape index (κ1) is 20.0. The van der Waals surface area contributed by atoms with Gasteiger partial charge in [-0.25, -0.2) is 4.79 Å². The number of ether oxygens (including phenoxy) is 2. The first-order chi connectivity index (χ1) is 13.1. The smallest absolute Gasteiger partial charge is 0.340 e. The lowest BCUT2D eigenvalue weighted by molar-refractivity contribution is -0.133. The van der Waals surface area contributed by atoms with Crippen LogP contribution in [0, 0.1) is 0 Å². The van der Waals surface area contributed by atoms with Gasteiger partial charge in [0.05, 0.1) is 30.7 Å². The second-order valence-electron chi connectivity index (χ2n) is 5.64. The number of anilines is 2. The Kier molecular flexibility index (Phi) is 7.37. The molecule has 0 aromatic heterocycles. The van der Waals surface area contributed by atoms with Crippen molar-refractivity contribution in [2.45, 2.75) is 19.8 Å². The van der Waals surface area contributed by atoms with Crippen LogP contribution in [0.15, 0.2) is 48.5 Å². The number of carbonyl (C=O) groups excluding carboxylic acids is 3. The van der Waals surface area contributed by atoms with Crippen molar-refractivity contribution in [1.29, 1.82) is 0 Å². The van der Waals surface area contributed by atoms with E-state index in [4.69, 9.17) is 9.47 Å². The van der Waals surface area contributed by atoms with Crippen LogP contribution in [0.4, 0.5) is 11.4 Å². The number of para-hydroxylation sites is 3. The number of rotatable bonds is 7. The maximum atomic E-state index is 12.2. The molecule has 0 aliphatic heterocycles. The zero-order valence-corrected chi connectivity index (χ0v) is 15.3. The van der Waals surface area contributed by atoms with Gasteiger partial charge in [-0.2, -0.15) is 0 Å². The van der Waals surface area contributed by atoms with E-state index in [1.54, 1.807) is 36.4 Å². The molecule has 7 heteroatoms. The maximum Gasteiger partial charge on any atom is 0.340 e. The van der Waals surface area contributed by atoms with Crippen LogP contribution in [-0.4, -0.2) is 31.5 Å². The van der Waals surface area contributed by atoms with Crippen molar-refractivity contribution in [2.75, 3.05) is 24.4 Å². The Hall–Kier alpha value is -3.35. The molecule has 2 aromatic carbocycles. The highest BCUT2D eigenvalue weighted by molar-refractivity contribution is 6.44. The van der Waals surface area contributed by atoms with E-state index in [0.717, 1.165) is 12.8 Å². The second-order valence-corrected chi connectivity index (χ2v) is 5.64. The van der Waals surface area contributed by atoms with Crippen LogP contribution in [0.2, 0.25) is 0 Å². The van der Waals surface area contributed by atoms with Gasteiger partial charge in [0.2, 0.25) is 0 Å². The zero-order chi connectivity index (χ0) is 19.6. The fourth-order valence-corrected chi connectivity index (χ4v) is 2.26. The number of benzene rings is 2. The molecule has 2 N–H and O–H groups in total. The number of unbranched alkanes of at least 4 members (excludes halogenated alkanes) is 1. The Morgan fingerprint density at radius 3 is 2.15 bits per heavy atom. The molecule has 2 aromatic rings. The number of hydrogen-bond acceptors (Lipinski definition) is 5. The predicted octanol–water partition coefficient (Wildman–Crippen LogP) is 3.23. The zero-order valence-electron chi connectivity index (χ0n) is 15.3. The van der Waals surface area contributed by atoms with E-state index in [0.29, 0.717) is 18.0 Å². The maximum absolute atomic E-state index is 12.2. The molecule has 2 rings (SSSR count). The Balaban J connectivity index is 2.07. The summed E-state index contributed by atoms with van der Waals surface area (Å²) in [5, 5.41) is 4.93. The molecule has 0 saturated heterocycles. The summed E-state index contributed by atoms with van der Waals surface area (Å²) < 4.78 is 10.3. The first-order valence-corrected chi connectivity index (χ1v) is 8.58. The average molecular weight is 370 g/mol. The number of nitrogens with one attached hydrogen (secondary N) is 2. The van der Waals surface area contributed by atoms with E-state index in [2.05, 4.69) is 10.6 Å². The molecule has 142 valence electrons. The van der Waals surface area contributed by atoms with Crippen molar-refractivity contribution in [1.82, 2.24) is 0 Å². The third-order valence-corrected chi connectivity index (χ3v) is 3.69. The first-order valence-electron chi connectivity index (χ1n) is 8.58. The molecule has 0 aliphatic carbocycles. The number of hydrogen-bond donors (Lipinski definition) is 2. The molecule has 0 unspecified atom stereocenters. The van der Waals surface area contributed by atoms with Crippen molar-refractivity contribution in [3.63, 3.8) is 0 Å². The van der Waals surface area contributed by atoms with E-state index >= 15 is 0 Å². The minimum Gasteiger partial charge on any atom is -0.495 e. The topological polar surface area (TPSA) is 93.7 Å². The molecule has 0 atom stereocenters. The normalized spacial score (nSPS) is 10.0. The van der Waals surface area contributed by atoms with Crippen LogP contribution in [0.3, 0.4) is 0 Å². The summed E-state index contributed by atoms with van der Waals surface area (Å²) in [6, 6.07) is 13.1. The summed E-state index contributed by atoms with van der Waals surface area (Å²) in [4.78, 5) is 36.6. The van der Waals surface area contributed by atoms with Crippen LogP contribution in [-0.2, 0) is 14.3 Å². The Labute approximate surface area is 157 Å². The fraction of sp³-hybridized carbons (Fsp3) is 0.250. The predicted molar refractivity (Wildman–Crippen MR) is 102 cm³/mol. The minimum atomic E-state index is -0.908. The molecule has 2 amide bonds. The van der Waals surface area contributed by atoms with Crippen LogP contribution < -0.4 is 15.4 Å². The Morgan fingerprint density at radius 1 is 0.889 bits per heavy atom. The van der Waals surface area contributed by atoms with Gasteiger partial charge >= 0.3 is 17.8 Å². The second kappa shape index (κ2) is 9.96. The van der Waals surface area contributed by atoms with E-state index in [1.165, 1.54) is 19.2 Å². The lowest BCUT2D eigenvalue weighted by Crippen LogP contribution is -2.30. The summed E-state index contributed by atoms with van der Waals surface area (Å²) in [6.45, 7) is 2.29. The van der Waals surface area contributed by atoms with Gasteiger partial charge in [-0.3, -0.25) is 9.59 Å². The van der Waals surface area contributed by atoms with Crippen molar-refractivity contribution < 1.29 is 23.9 Å².